The van der Waals surface area contributed by atoms with E-state index < -0.39 is 0 Å². The monoisotopic (exact) mass is 311 g/mol. The van der Waals surface area contributed by atoms with Gasteiger partial charge in [0.05, 0.1) is 12.5 Å². The first-order valence-electron chi connectivity index (χ1n) is 6.56. The van der Waals surface area contributed by atoms with Gasteiger partial charge in [-0.3, -0.25) is 0 Å². The smallest absolute Gasteiger partial charge is 0.207 e. The van der Waals surface area contributed by atoms with Crippen LogP contribution in [-0.2, 0) is 5.88 Å². The van der Waals surface area contributed by atoms with Crippen molar-refractivity contribution >= 4 is 34.0 Å². The van der Waals surface area contributed by atoms with Crippen LogP contribution >= 0.6 is 23.1 Å². The van der Waals surface area contributed by atoms with Crippen LogP contribution in [-0.4, -0.2) is 16.0 Å². The van der Waals surface area contributed by atoms with Crippen molar-refractivity contribution < 1.29 is 4.74 Å². The van der Waals surface area contributed by atoms with Gasteiger partial charge in [-0.15, -0.1) is 11.6 Å². The summed E-state index contributed by atoms with van der Waals surface area (Å²) in [6.07, 6.45) is 0. The van der Waals surface area contributed by atoms with Crippen molar-refractivity contribution in [2.45, 2.75) is 32.6 Å². The molecule has 1 N–H and O–H groups in total. The lowest BCUT2D eigenvalue weighted by molar-refractivity contribution is 0.337. The van der Waals surface area contributed by atoms with Crippen molar-refractivity contribution in [3.63, 3.8) is 0 Å². The van der Waals surface area contributed by atoms with Gasteiger partial charge in [0.1, 0.15) is 11.6 Å². The van der Waals surface area contributed by atoms with Gasteiger partial charge in [-0.25, -0.2) is 4.98 Å². The van der Waals surface area contributed by atoms with Crippen molar-refractivity contribution in [3.8, 4) is 5.75 Å². The van der Waals surface area contributed by atoms with Crippen LogP contribution in [0.5, 0.6) is 5.75 Å². The number of benzene rings is 1. The molecule has 0 aliphatic heterocycles. The van der Waals surface area contributed by atoms with E-state index in [1.165, 1.54) is 11.5 Å². The molecule has 0 fully saturated rings. The molecule has 108 valence electrons. The highest BCUT2D eigenvalue weighted by Crippen LogP contribution is 2.27. The summed E-state index contributed by atoms with van der Waals surface area (Å²) in [5.41, 5.74) is 1.91. The Morgan fingerprint density at radius 2 is 2.20 bits per heavy atom. The average Bonchev–Trinajstić information content (AvgIpc) is 2.89. The number of aromatic nitrogens is 2. The molecule has 0 amide bonds. The number of anilines is 2. The number of hydrogen-bond donors (Lipinski definition) is 1. The van der Waals surface area contributed by atoms with Crippen molar-refractivity contribution in [1.82, 2.24) is 9.36 Å². The van der Waals surface area contributed by atoms with Crippen LogP contribution in [0.3, 0.4) is 0 Å². The van der Waals surface area contributed by atoms with Crippen LogP contribution in [0.2, 0.25) is 0 Å². The molecule has 2 rings (SSSR count). The molecule has 2 aromatic rings. The molecular formula is C14H18ClN3OS. The zero-order valence-corrected chi connectivity index (χ0v) is 13.4. The molecule has 1 aromatic carbocycles. The fourth-order valence-electron chi connectivity index (χ4n) is 1.70. The highest BCUT2D eigenvalue weighted by Gasteiger charge is 2.09. The minimum absolute atomic E-state index is 0.334. The van der Waals surface area contributed by atoms with E-state index in [1.807, 2.05) is 25.1 Å². The van der Waals surface area contributed by atoms with Gasteiger partial charge in [-0.1, -0.05) is 13.8 Å². The molecule has 0 bridgehead atoms. The third-order valence-electron chi connectivity index (χ3n) is 2.71. The molecule has 0 unspecified atom stereocenters. The Hall–Kier alpha value is -1.33. The fraction of sp³-hybridized carbons (Fsp3) is 0.429. The summed E-state index contributed by atoms with van der Waals surface area (Å²) in [4.78, 5) is 4.45. The topological polar surface area (TPSA) is 47.0 Å². The van der Waals surface area contributed by atoms with Gasteiger partial charge in [0.15, 0.2) is 0 Å². The summed E-state index contributed by atoms with van der Waals surface area (Å²) in [7, 11) is 0. The van der Waals surface area contributed by atoms with Crippen molar-refractivity contribution in [3.05, 3.63) is 29.6 Å². The van der Waals surface area contributed by atoms with Crippen LogP contribution in [0.15, 0.2) is 18.2 Å². The van der Waals surface area contributed by atoms with Crippen LogP contribution in [0.4, 0.5) is 10.8 Å². The van der Waals surface area contributed by atoms with Crippen molar-refractivity contribution in [2.75, 3.05) is 11.9 Å². The third-order valence-corrected chi connectivity index (χ3v) is 3.65. The molecule has 0 saturated carbocycles. The Morgan fingerprint density at radius 1 is 1.40 bits per heavy atom. The zero-order chi connectivity index (χ0) is 14.5. The fourth-order valence-corrected chi connectivity index (χ4v) is 2.64. The molecule has 0 radical (unpaired) electrons. The second-order valence-electron chi connectivity index (χ2n) is 4.63. The second-order valence-corrected chi connectivity index (χ2v) is 5.65. The van der Waals surface area contributed by atoms with E-state index in [1.54, 1.807) is 0 Å². The van der Waals surface area contributed by atoms with Gasteiger partial charge in [0.2, 0.25) is 5.13 Å². The molecule has 1 heterocycles. The van der Waals surface area contributed by atoms with E-state index in [2.05, 4.69) is 28.5 Å². The van der Waals surface area contributed by atoms with Crippen molar-refractivity contribution in [2.24, 2.45) is 0 Å². The van der Waals surface area contributed by atoms with Crippen molar-refractivity contribution in [1.29, 1.82) is 0 Å². The first-order chi connectivity index (χ1) is 9.63. The van der Waals surface area contributed by atoms with E-state index >= 15 is 0 Å². The summed E-state index contributed by atoms with van der Waals surface area (Å²) in [6, 6.07) is 5.86. The highest BCUT2D eigenvalue weighted by atomic mass is 35.5. The molecule has 20 heavy (non-hydrogen) atoms. The molecule has 0 atom stereocenters. The largest absolute Gasteiger partial charge is 0.494 e. The highest BCUT2D eigenvalue weighted by molar-refractivity contribution is 7.09. The maximum absolute atomic E-state index is 5.96. The van der Waals surface area contributed by atoms with E-state index in [0.29, 0.717) is 18.4 Å². The minimum Gasteiger partial charge on any atom is -0.494 e. The molecule has 6 heteroatoms. The number of halogens is 1. The normalized spacial score (nSPS) is 10.8. The van der Waals surface area contributed by atoms with Gasteiger partial charge in [-0.2, -0.15) is 4.37 Å². The average molecular weight is 312 g/mol. The van der Waals surface area contributed by atoms with Gasteiger partial charge in [0, 0.05) is 28.7 Å². The third kappa shape index (κ3) is 3.61. The van der Waals surface area contributed by atoms with E-state index in [4.69, 9.17) is 16.3 Å². The van der Waals surface area contributed by atoms with Gasteiger partial charge in [0.25, 0.3) is 0 Å². The first-order valence-corrected chi connectivity index (χ1v) is 7.87. The number of nitrogens with one attached hydrogen (secondary N) is 1. The molecule has 1 aromatic heterocycles. The Balaban J connectivity index is 2.16. The first kappa shape index (κ1) is 15.1. The molecule has 0 saturated heterocycles. The summed E-state index contributed by atoms with van der Waals surface area (Å²) in [5.74, 6) is 2.44. The lowest BCUT2D eigenvalue weighted by Crippen LogP contribution is -1.97. The van der Waals surface area contributed by atoms with Crippen LogP contribution < -0.4 is 10.1 Å². The zero-order valence-electron chi connectivity index (χ0n) is 11.8. The summed E-state index contributed by atoms with van der Waals surface area (Å²) < 4.78 is 9.85. The van der Waals surface area contributed by atoms with Gasteiger partial charge < -0.3 is 10.1 Å². The lowest BCUT2D eigenvalue weighted by Gasteiger charge is -2.10. The summed E-state index contributed by atoms with van der Waals surface area (Å²) >= 11 is 7.32. The maximum Gasteiger partial charge on any atom is 0.207 e. The molecule has 0 spiro atoms. The van der Waals surface area contributed by atoms with Crippen LogP contribution in [0.25, 0.3) is 0 Å². The molecule has 0 aliphatic rings. The minimum atomic E-state index is 0.334. The van der Waals surface area contributed by atoms with Crippen LogP contribution in [0.1, 0.15) is 38.1 Å². The number of hydrogen-bond acceptors (Lipinski definition) is 5. The Labute approximate surface area is 128 Å². The SMILES string of the molecule is CCOc1ccc(Nc2nc(C(C)C)ns2)cc1CCl. The Bertz CT molecular complexity index is 571. The number of rotatable bonds is 6. The van der Waals surface area contributed by atoms with Crippen LogP contribution in [0, 0.1) is 0 Å². The summed E-state index contributed by atoms with van der Waals surface area (Å²) in [6.45, 7) is 6.74. The predicted molar refractivity (Wildman–Crippen MR) is 84.4 cm³/mol. The second kappa shape index (κ2) is 6.90. The van der Waals surface area contributed by atoms with Gasteiger partial charge in [-0.05, 0) is 25.1 Å². The molecular weight excluding hydrogens is 294 g/mol. The van der Waals surface area contributed by atoms with E-state index in [-0.39, 0.29) is 0 Å². The lowest BCUT2D eigenvalue weighted by atomic mass is 10.2. The maximum atomic E-state index is 5.96. The number of ether oxygens (including phenoxy) is 1. The van der Waals surface area contributed by atoms with Gasteiger partial charge >= 0.3 is 0 Å². The molecule has 0 aliphatic carbocycles. The number of nitrogens with zero attached hydrogens (tertiary/aromatic N) is 2. The van der Waals surface area contributed by atoms with E-state index in [0.717, 1.165) is 28.0 Å². The quantitative estimate of drug-likeness (QED) is 0.795. The molecule has 4 nitrogen and oxygen atoms in total. The van der Waals surface area contributed by atoms with E-state index in [9.17, 15) is 0 Å². The Morgan fingerprint density at radius 3 is 2.80 bits per heavy atom. The number of alkyl halides is 1. The Kier molecular flexibility index (Phi) is 5.20. The summed E-state index contributed by atoms with van der Waals surface area (Å²) in [5, 5.41) is 4.04. The predicted octanol–water partition coefficient (Wildman–Crippen LogP) is 4.54. The standard InChI is InChI=1S/C14H18ClN3OS/c1-4-19-12-6-5-11(7-10(12)8-15)16-14-17-13(9(2)3)18-20-14/h5-7,9H,4,8H2,1-3H3,(H,16,17,18).